The van der Waals surface area contributed by atoms with Gasteiger partial charge in [0.15, 0.2) is 0 Å². The highest BCUT2D eigenvalue weighted by atomic mass is 19.1. The molecule has 1 aromatic rings. The van der Waals surface area contributed by atoms with Gasteiger partial charge in [0.2, 0.25) is 0 Å². The molecule has 1 unspecified atom stereocenters. The zero-order chi connectivity index (χ0) is 11.5. The van der Waals surface area contributed by atoms with Crippen LogP contribution >= 0.6 is 0 Å². The van der Waals surface area contributed by atoms with Gasteiger partial charge in [0.25, 0.3) is 0 Å². The number of rotatable bonds is 4. The van der Waals surface area contributed by atoms with E-state index in [0.29, 0.717) is 18.5 Å². The molecule has 0 heterocycles. The zero-order valence-electron chi connectivity index (χ0n) is 9.50. The van der Waals surface area contributed by atoms with Crippen LogP contribution in [0.4, 0.5) is 4.39 Å². The Kier molecular flexibility index (Phi) is 3.69. The van der Waals surface area contributed by atoms with Crippen LogP contribution in [0, 0.1) is 0 Å². The first-order chi connectivity index (χ1) is 6.92. The van der Waals surface area contributed by atoms with E-state index in [1.54, 1.807) is 25.1 Å². The molecule has 0 aliphatic rings. The molecule has 1 aromatic carbocycles. The minimum atomic E-state index is -1.39. The standard InChI is InChI=1S/C12H18FNO/c1-12(13,7-8-14(2)3)10-5-4-6-11(15)9-10/h4-6,9,15H,7-8H2,1-3H3. The van der Waals surface area contributed by atoms with E-state index in [-0.39, 0.29) is 5.75 Å². The number of nitrogens with zero attached hydrogens (tertiary/aromatic N) is 1. The van der Waals surface area contributed by atoms with Gasteiger partial charge < -0.3 is 10.0 Å². The second kappa shape index (κ2) is 4.62. The smallest absolute Gasteiger partial charge is 0.134 e. The van der Waals surface area contributed by atoms with Crippen molar-refractivity contribution in [3.05, 3.63) is 29.8 Å². The maximum absolute atomic E-state index is 14.2. The van der Waals surface area contributed by atoms with Gasteiger partial charge in [0.05, 0.1) is 0 Å². The Balaban J connectivity index is 2.76. The third-order valence-electron chi connectivity index (χ3n) is 2.48. The first-order valence-corrected chi connectivity index (χ1v) is 5.05. The maximum Gasteiger partial charge on any atom is 0.134 e. The molecule has 0 fully saturated rings. The molecule has 0 spiro atoms. The molecule has 1 rings (SSSR count). The average molecular weight is 211 g/mol. The Morgan fingerprint density at radius 3 is 2.60 bits per heavy atom. The van der Waals surface area contributed by atoms with Gasteiger partial charge in [0, 0.05) is 6.54 Å². The van der Waals surface area contributed by atoms with E-state index in [9.17, 15) is 9.50 Å². The molecule has 3 heteroatoms. The number of phenolic OH excluding ortho intramolecular Hbond substituents is 1. The highest BCUT2D eigenvalue weighted by molar-refractivity contribution is 5.30. The summed E-state index contributed by atoms with van der Waals surface area (Å²) in [7, 11) is 3.83. The van der Waals surface area contributed by atoms with Gasteiger partial charge in [0.1, 0.15) is 11.4 Å². The lowest BCUT2D eigenvalue weighted by atomic mass is 9.94. The Morgan fingerprint density at radius 2 is 2.07 bits per heavy atom. The van der Waals surface area contributed by atoms with Gasteiger partial charge in [-0.1, -0.05) is 12.1 Å². The largest absolute Gasteiger partial charge is 0.508 e. The van der Waals surface area contributed by atoms with Gasteiger partial charge >= 0.3 is 0 Å². The van der Waals surface area contributed by atoms with E-state index >= 15 is 0 Å². The van der Waals surface area contributed by atoms with Crippen LogP contribution in [0.1, 0.15) is 18.9 Å². The maximum atomic E-state index is 14.2. The van der Waals surface area contributed by atoms with Crippen molar-refractivity contribution < 1.29 is 9.50 Å². The third kappa shape index (κ3) is 3.51. The van der Waals surface area contributed by atoms with E-state index in [1.807, 2.05) is 19.0 Å². The first kappa shape index (κ1) is 12.0. The first-order valence-electron chi connectivity index (χ1n) is 5.05. The summed E-state index contributed by atoms with van der Waals surface area (Å²) in [6.45, 7) is 2.23. The highest BCUT2D eigenvalue weighted by Gasteiger charge is 2.25. The van der Waals surface area contributed by atoms with E-state index in [1.165, 1.54) is 6.07 Å². The van der Waals surface area contributed by atoms with Gasteiger partial charge in [-0.15, -0.1) is 0 Å². The fourth-order valence-corrected chi connectivity index (χ4v) is 1.41. The molecule has 0 aromatic heterocycles. The summed E-state index contributed by atoms with van der Waals surface area (Å²) in [5.74, 6) is 0.112. The van der Waals surface area contributed by atoms with Crippen molar-refractivity contribution in [2.75, 3.05) is 20.6 Å². The summed E-state index contributed by atoms with van der Waals surface area (Å²) >= 11 is 0. The summed E-state index contributed by atoms with van der Waals surface area (Å²) in [4.78, 5) is 1.95. The molecule has 84 valence electrons. The normalized spacial score (nSPS) is 15.3. The SMILES string of the molecule is CN(C)CCC(C)(F)c1cccc(O)c1. The molecule has 0 saturated heterocycles. The van der Waals surface area contributed by atoms with Gasteiger partial charge in [-0.2, -0.15) is 0 Å². The van der Waals surface area contributed by atoms with Crippen molar-refractivity contribution in [3.8, 4) is 5.75 Å². The highest BCUT2D eigenvalue weighted by Crippen LogP contribution is 2.31. The molecule has 15 heavy (non-hydrogen) atoms. The predicted octanol–water partition coefficient (Wildman–Crippen LogP) is 2.53. The fraction of sp³-hybridized carbons (Fsp3) is 0.500. The molecule has 0 saturated carbocycles. The topological polar surface area (TPSA) is 23.5 Å². The second-order valence-electron chi connectivity index (χ2n) is 4.30. The fourth-order valence-electron chi connectivity index (χ4n) is 1.41. The lowest BCUT2D eigenvalue weighted by molar-refractivity contribution is 0.158. The molecular formula is C12H18FNO. The minimum Gasteiger partial charge on any atom is -0.508 e. The summed E-state index contributed by atoms with van der Waals surface area (Å²) < 4.78 is 14.2. The Bertz CT molecular complexity index is 323. The number of alkyl halides is 1. The average Bonchev–Trinajstić information content (AvgIpc) is 2.15. The van der Waals surface area contributed by atoms with E-state index < -0.39 is 5.67 Å². The zero-order valence-corrected chi connectivity index (χ0v) is 9.50. The Hall–Kier alpha value is -1.09. The van der Waals surface area contributed by atoms with Crippen LogP contribution in [0.5, 0.6) is 5.75 Å². The number of phenols is 1. The summed E-state index contributed by atoms with van der Waals surface area (Å²) in [5, 5.41) is 9.28. The molecular weight excluding hydrogens is 193 g/mol. The van der Waals surface area contributed by atoms with Crippen LogP contribution in [-0.4, -0.2) is 30.6 Å². The number of aromatic hydroxyl groups is 1. The summed E-state index contributed by atoms with van der Waals surface area (Å²) in [6.07, 6.45) is 0.420. The minimum absolute atomic E-state index is 0.112. The van der Waals surface area contributed by atoms with Crippen LogP contribution in [0.2, 0.25) is 0 Å². The predicted molar refractivity (Wildman–Crippen MR) is 59.7 cm³/mol. The summed E-state index contributed by atoms with van der Waals surface area (Å²) in [5.41, 5.74) is -0.854. The van der Waals surface area contributed by atoms with Crippen LogP contribution in [0.25, 0.3) is 0 Å². The number of hydrogen-bond acceptors (Lipinski definition) is 2. The van der Waals surface area contributed by atoms with Crippen LogP contribution in [-0.2, 0) is 5.67 Å². The van der Waals surface area contributed by atoms with Crippen molar-refractivity contribution in [2.24, 2.45) is 0 Å². The van der Waals surface area contributed by atoms with Gasteiger partial charge in [-0.3, -0.25) is 0 Å². The molecule has 1 N–H and O–H groups in total. The lowest BCUT2D eigenvalue weighted by Gasteiger charge is -2.23. The molecule has 0 aliphatic carbocycles. The van der Waals surface area contributed by atoms with Crippen molar-refractivity contribution in [1.82, 2.24) is 4.90 Å². The second-order valence-corrected chi connectivity index (χ2v) is 4.30. The summed E-state index contributed by atoms with van der Waals surface area (Å²) in [6, 6.07) is 6.40. The van der Waals surface area contributed by atoms with Gasteiger partial charge in [-0.05, 0) is 45.1 Å². The van der Waals surface area contributed by atoms with E-state index in [4.69, 9.17) is 0 Å². The Labute approximate surface area is 90.3 Å². The third-order valence-corrected chi connectivity index (χ3v) is 2.48. The van der Waals surface area contributed by atoms with E-state index in [2.05, 4.69) is 0 Å². The van der Waals surface area contributed by atoms with Crippen LogP contribution in [0.3, 0.4) is 0 Å². The Morgan fingerprint density at radius 1 is 1.40 bits per heavy atom. The lowest BCUT2D eigenvalue weighted by Crippen LogP contribution is -2.23. The van der Waals surface area contributed by atoms with Crippen molar-refractivity contribution >= 4 is 0 Å². The monoisotopic (exact) mass is 211 g/mol. The van der Waals surface area contributed by atoms with Crippen molar-refractivity contribution in [2.45, 2.75) is 19.0 Å². The van der Waals surface area contributed by atoms with Crippen LogP contribution in [0.15, 0.2) is 24.3 Å². The number of hydrogen-bond donors (Lipinski definition) is 1. The molecule has 1 atom stereocenters. The van der Waals surface area contributed by atoms with Crippen LogP contribution < -0.4 is 0 Å². The number of halogens is 1. The van der Waals surface area contributed by atoms with Gasteiger partial charge in [-0.25, -0.2) is 4.39 Å². The molecule has 0 radical (unpaired) electrons. The molecule has 0 amide bonds. The molecule has 2 nitrogen and oxygen atoms in total. The van der Waals surface area contributed by atoms with Crippen molar-refractivity contribution in [3.63, 3.8) is 0 Å². The molecule has 0 bridgehead atoms. The number of benzene rings is 1. The van der Waals surface area contributed by atoms with Crippen molar-refractivity contribution in [1.29, 1.82) is 0 Å². The van der Waals surface area contributed by atoms with E-state index in [0.717, 1.165) is 0 Å². The quantitative estimate of drug-likeness (QED) is 0.827. The molecule has 0 aliphatic heterocycles.